The van der Waals surface area contributed by atoms with Crippen LogP contribution < -0.4 is 5.32 Å². The third kappa shape index (κ3) is 3.07. The second kappa shape index (κ2) is 5.61. The average Bonchev–Trinajstić information content (AvgIpc) is 2.56. The summed E-state index contributed by atoms with van der Waals surface area (Å²) in [5.74, 6) is -0.744. The minimum Gasteiger partial charge on any atom is -0.480 e. The summed E-state index contributed by atoms with van der Waals surface area (Å²) in [6.07, 6.45) is 2.20. The fraction of sp³-hybridized carbons (Fsp3) is 0.533. The van der Waals surface area contributed by atoms with Crippen LogP contribution in [0.15, 0.2) is 24.3 Å². The first-order valence-electron chi connectivity index (χ1n) is 6.79. The third-order valence-corrected chi connectivity index (χ3v) is 3.99. The van der Waals surface area contributed by atoms with E-state index in [0.29, 0.717) is 12.8 Å². The van der Waals surface area contributed by atoms with Gasteiger partial charge < -0.3 is 15.3 Å². The van der Waals surface area contributed by atoms with Crippen molar-refractivity contribution in [2.24, 2.45) is 0 Å². The first kappa shape index (κ1) is 13.9. The van der Waals surface area contributed by atoms with E-state index in [1.54, 1.807) is 0 Å². The summed E-state index contributed by atoms with van der Waals surface area (Å²) in [6, 6.07) is 7.86. The molecular formula is C15H22N2O2. The predicted octanol–water partition coefficient (Wildman–Crippen LogP) is 2.35. The molecule has 1 aromatic rings. The first-order valence-corrected chi connectivity index (χ1v) is 6.79. The second-order valence-corrected chi connectivity index (χ2v) is 5.48. The minimum absolute atomic E-state index is 0.632. The molecule has 0 aliphatic carbocycles. The van der Waals surface area contributed by atoms with Crippen molar-refractivity contribution in [1.29, 1.82) is 0 Å². The molecule has 0 aromatic heterocycles. The molecule has 1 aromatic carbocycles. The van der Waals surface area contributed by atoms with Gasteiger partial charge in [-0.3, -0.25) is 0 Å². The number of hydrogen-bond acceptors (Lipinski definition) is 3. The van der Waals surface area contributed by atoms with Crippen molar-refractivity contribution < 1.29 is 9.90 Å². The van der Waals surface area contributed by atoms with Gasteiger partial charge in [0.2, 0.25) is 0 Å². The quantitative estimate of drug-likeness (QED) is 0.878. The number of rotatable bonds is 3. The van der Waals surface area contributed by atoms with E-state index in [2.05, 4.69) is 10.2 Å². The number of likely N-dealkylation sites (tertiary alicyclic amines) is 1. The van der Waals surface area contributed by atoms with Crippen molar-refractivity contribution in [2.75, 3.05) is 25.5 Å². The number of aryl methyl sites for hydroxylation is 1. The molecule has 4 heteroatoms. The van der Waals surface area contributed by atoms with Crippen LogP contribution in [0.5, 0.6) is 0 Å². The topological polar surface area (TPSA) is 52.6 Å². The number of anilines is 1. The van der Waals surface area contributed by atoms with Crippen LogP contribution in [0.2, 0.25) is 0 Å². The van der Waals surface area contributed by atoms with Gasteiger partial charge in [0.1, 0.15) is 5.54 Å². The Balaban J connectivity index is 2.25. The third-order valence-electron chi connectivity index (χ3n) is 3.99. The van der Waals surface area contributed by atoms with E-state index in [9.17, 15) is 9.90 Å². The van der Waals surface area contributed by atoms with Crippen molar-refractivity contribution in [1.82, 2.24) is 4.90 Å². The molecule has 1 unspecified atom stereocenters. The maximum Gasteiger partial charge on any atom is 0.329 e. The van der Waals surface area contributed by atoms with Gasteiger partial charge in [0.25, 0.3) is 0 Å². The minimum atomic E-state index is -0.836. The van der Waals surface area contributed by atoms with Gasteiger partial charge in [0.15, 0.2) is 0 Å². The monoisotopic (exact) mass is 262 g/mol. The number of para-hydroxylation sites is 1. The Morgan fingerprint density at radius 3 is 2.74 bits per heavy atom. The number of nitrogens with zero attached hydrogens (tertiary/aromatic N) is 1. The molecule has 1 heterocycles. The van der Waals surface area contributed by atoms with E-state index in [0.717, 1.165) is 30.8 Å². The number of aliphatic carboxylic acids is 1. The van der Waals surface area contributed by atoms with Gasteiger partial charge in [0, 0.05) is 12.2 Å². The molecule has 0 saturated carbocycles. The predicted molar refractivity (Wildman–Crippen MR) is 76.5 cm³/mol. The Labute approximate surface area is 114 Å². The van der Waals surface area contributed by atoms with Gasteiger partial charge >= 0.3 is 5.97 Å². The van der Waals surface area contributed by atoms with Crippen molar-refractivity contribution in [3.8, 4) is 0 Å². The van der Waals surface area contributed by atoms with Crippen LogP contribution in [-0.4, -0.2) is 41.7 Å². The maximum atomic E-state index is 11.8. The first-order chi connectivity index (χ1) is 9.03. The fourth-order valence-electron chi connectivity index (χ4n) is 2.63. The molecule has 1 atom stereocenters. The highest BCUT2D eigenvalue weighted by molar-refractivity contribution is 5.83. The second-order valence-electron chi connectivity index (χ2n) is 5.48. The van der Waals surface area contributed by atoms with Crippen LogP contribution in [0.25, 0.3) is 0 Å². The van der Waals surface area contributed by atoms with Crippen molar-refractivity contribution in [2.45, 2.75) is 31.7 Å². The molecule has 2 rings (SSSR count). The number of carbonyl (C=O) groups is 1. The lowest BCUT2D eigenvalue weighted by Gasteiger charge is -2.31. The van der Waals surface area contributed by atoms with Gasteiger partial charge in [0.05, 0.1) is 0 Å². The van der Waals surface area contributed by atoms with E-state index < -0.39 is 11.5 Å². The van der Waals surface area contributed by atoms with Crippen molar-refractivity contribution in [3.63, 3.8) is 0 Å². The van der Waals surface area contributed by atoms with Gasteiger partial charge in [-0.25, -0.2) is 4.79 Å². The summed E-state index contributed by atoms with van der Waals surface area (Å²) in [5, 5.41) is 13.0. The molecule has 1 fully saturated rings. The summed E-state index contributed by atoms with van der Waals surface area (Å²) in [7, 11) is 2.05. The summed E-state index contributed by atoms with van der Waals surface area (Å²) in [5.41, 5.74) is 1.17. The molecular weight excluding hydrogens is 240 g/mol. The van der Waals surface area contributed by atoms with Crippen LogP contribution in [0.3, 0.4) is 0 Å². The van der Waals surface area contributed by atoms with Crippen LogP contribution >= 0.6 is 0 Å². The summed E-state index contributed by atoms with van der Waals surface area (Å²) in [4.78, 5) is 14.0. The van der Waals surface area contributed by atoms with Crippen molar-refractivity contribution in [3.05, 3.63) is 29.8 Å². The van der Waals surface area contributed by atoms with Crippen LogP contribution in [-0.2, 0) is 4.79 Å². The van der Waals surface area contributed by atoms with E-state index in [-0.39, 0.29) is 0 Å². The van der Waals surface area contributed by atoms with Crippen molar-refractivity contribution >= 4 is 11.7 Å². The zero-order chi connectivity index (χ0) is 13.9. The smallest absolute Gasteiger partial charge is 0.329 e. The number of benzene rings is 1. The Kier molecular flexibility index (Phi) is 4.10. The van der Waals surface area contributed by atoms with Crippen LogP contribution in [0.4, 0.5) is 5.69 Å². The largest absolute Gasteiger partial charge is 0.480 e. The molecule has 19 heavy (non-hydrogen) atoms. The highest BCUT2D eigenvalue weighted by atomic mass is 16.4. The molecule has 2 N–H and O–H groups in total. The summed E-state index contributed by atoms with van der Waals surface area (Å²) >= 11 is 0. The lowest BCUT2D eigenvalue weighted by molar-refractivity contribution is -0.142. The number of hydrogen-bond donors (Lipinski definition) is 2. The van der Waals surface area contributed by atoms with E-state index in [4.69, 9.17) is 0 Å². The molecule has 0 radical (unpaired) electrons. The zero-order valence-corrected chi connectivity index (χ0v) is 11.6. The Hall–Kier alpha value is -1.55. The van der Waals surface area contributed by atoms with Gasteiger partial charge in [-0.1, -0.05) is 18.2 Å². The van der Waals surface area contributed by atoms with Gasteiger partial charge in [-0.15, -0.1) is 0 Å². The molecule has 0 amide bonds. The number of carboxylic acid groups (broad SMARTS) is 1. The molecule has 1 saturated heterocycles. The number of carboxylic acids is 1. The van der Waals surface area contributed by atoms with Gasteiger partial charge in [-0.2, -0.15) is 0 Å². The summed E-state index contributed by atoms with van der Waals surface area (Å²) < 4.78 is 0. The normalized spacial score (nSPS) is 24.7. The average molecular weight is 262 g/mol. The highest BCUT2D eigenvalue weighted by Gasteiger charge is 2.39. The fourth-order valence-corrected chi connectivity index (χ4v) is 2.63. The number of nitrogens with one attached hydrogen (secondary N) is 1. The molecule has 1 aliphatic heterocycles. The Morgan fingerprint density at radius 1 is 1.32 bits per heavy atom. The maximum absolute atomic E-state index is 11.8. The van der Waals surface area contributed by atoms with Crippen LogP contribution in [0.1, 0.15) is 24.8 Å². The molecule has 104 valence electrons. The Bertz CT molecular complexity index is 461. The highest BCUT2D eigenvalue weighted by Crippen LogP contribution is 2.28. The SMILES string of the molecule is Cc1ccccc1NC1(C(=O)O)CCCN(C)CC1. The van der Waals surface area contributed by atoms with E-state index in [1.165, 1.54) is 0 Å². The standard InChI is InChI=1S/C15H22N2O2/c1-12-6-3-4-7-13(12)16-15(14(18)19)8-5-10-17(2)11-9-15/h3-4,6-7,16H,5,8-11H2,1-2H3,(H,18,19). The van der Waals surface area contributed by atoms with E-state index in [1.807, 2.05) is 38.2 Å². The molecule has 1 aliphatic rings. The molecule has 0 spiro atoms. The Morgan fingerprint density at radius 2 is 2.05 bits per heavy atom. The van der Waals surface area contributed by atoms with Crippen LogP contribution in [0, 0.1) is 6.92 Å². The lowest BCUT2D eigenvalue weighted by atomic mass is 9.90. The molecule has 4 nitrogen and oxygen atoms in total. The lowest BCUT2D eigenvalue weighted by Crippen LogP contribution is -2.47. The van der Waals surface area contributed by atoms with E-state index >= 15 is 0 Å². The van der Waals surface area contributed by atoms with Gasteiger partial charge in [-0.05, 0) is 51.4 Å². The molecule has 0 bridgehead atoms. The zero-order valence-electron chi connectivity index (χ0n) is 11.6. The summed E-state index contributed by atoms with van der Waals surface area (Å²) in [6.45, 7) is 3.77.